The molecular formula is C13H21N5O2. The van der Waals surface area contributed by atoms with Crippen LogP contribution in [0, 0.1) is 10.1 Å². The van der Waals surface area contributed by atoms with E-state index in [1.807, 2.05) is 0 Å². The number of nitro groups is 1. The molecule has 1 aromatic heterocycles. The predicted octanol–water partition coefficient (Wildman–Crippen LogP) is 2.62. The third kappa shape index (κ3) is 3.16. The SMILES string of the molecule is CNc1cc([N+](=O)[O-])cc(NN2C(C)CCCC2C)n1. The minimum Gasteiger partial charge on any atom is -0.373 e. The fraction of sp³-hybridized carbons (Fsp3) is 0.615. The van der Waals surface area contributed by atoms with E-state index in [1.54, 1.807) is 7.05 Å². The maximum absolute atomic E-state index is 11.0. The zero-order chi connectivity index (χ0) is 14.7. The monoisotopic (exact) mass is 279 g/mol. The molecule has 0 saturated carbocycles. The highest BCUT2D eigenvalue weighted by Crippen LogP contribution is 2.25. The molecule has 2 unspecified atom stereocenters. The van der Waals surface area contributed by atoms with E-state index in [9.17, 15) is 10.1 Å². The number of rotatable bonds is 4. The van der Waals surface area contributed by atoms with Gasteiger partial charge in [-0.3, -0.25) is 10.1 Å². The van der Waals surface area contributed by atoms with E-state index in [1.165, 1.54) is 18.6 Å². The Hall–Kier alpha value is -1.89. The third-order valence-corrected chi connectivity index (χ3v) is 3.71. The van der Waals surface area contributed by atoms with Gasteiger partial charge in [0.25, 0.3) is 5.69 Å². The molecule has 0 aromatic carbocycles. The van der Waals surface area contributed by atoms with Gasteiger partial charge in [-0.2, -0.15) is 0 Å². The van der Waals surface area contributed by atoms with Crippen LogP contribution in [0.15, 0.2) is 12.1 Å². The Bertz CT molecular complexity index is 484. The van der Waals surface area contributed by atoms with Crippen molar-refractivity contribution in [3.8, 4) is 0 Å². The first-order valence-corrected chi connectivity index (χ1v) is 6.90. The van der Waals surface area contributed by atoms with Gasteiger partial charge in [0.1, 0.15) is 11.6 Å². The van der Waals surface area contributed by atoms with Crippen molar-refractivity contribution in [1.82, 2.24) is 9.99 Å². The molecule has 1 aromatic rings. The fourth-order valence-electron chi connectivity index (χ4n) is 2.58. The van der Waals surface area contributed by atoms with Crippen molar-refractivity contribution in [2.75, 3.05) is 17.8 Å². The van der Waals surface area contributed by atoms with E-state index in [-0.39, 0.29) is 5.69 Å². The first kappa shape index (κ1) is 14.5. The average Bonchev–Trinajstić information content (AvgIpc) is 2.42. The van der Waals surface area contributed by atoms with Gasteiger partial charge in [-0.15, -0.1) is 0 Å². The first-order valence-electron chi connectivity index (χ1n) is 6.90. The summed E-state index contributed by atoms with van der Waals surface area (Å²) in [5.41, 5.74) is 3.26. The second-order valence-electron chi connectivity index (χ2n) is 5.25. The predicted molar refractivity (Wildman–Crippen MR) is 78.7 cm³/mol. The molecular weight excluding hydrogens is 258 g/mol. The summed E-state index contributed by atoms with van der Waals surface area (Å²) in [5, 5.41) is 15.9. The van der Waals surface area contributed by atoms with Crippen LogP contribution in [0.4, 0.5) is 17.3 Å². The van der Waals surface area contributed by atoms with Gasteiger partial charge in [0.15, 0.2) is 0 Å². The summed E-state index contributed by atoms with van der Waals surface area (Å²) in [5.74, 6) is 0.989. The molecule has 7 heteroatoms. The molecule has 20 heavy (non-hydrogen) atoms. The summed E-state index contributed by atoms with van der Waals surface area (Å²) >= 11 is 0. The van der Waals surface area contributed by atoms with E-state index >= 15 is 0 Å². The molecule has 2 atom stereocenters. The molecule has 7 nitrogen and oxygen atoms in total. The van der Waals surface area contributed by atoms with Crippen LogP contribution in [0.25, 0.3) is 0 Å². The lowest BCUT2D eigenvalue weighted by Crippen LogP contribution is -2.47. The smallest absolute Gasteiger partial charge is 0.276 e. The van der Waals surface area contributed by atoms with Crippen LogP contribution in [-0.4, -0.2) is 34.0 Å². The molecule has 0 amide bonds. The van der Waals surface area contributed by atoms with E-state index < -0.39 is 4.92 Å². The minimum absolute atomic E-state index is 0.0316. The fourth-order valence-corrected chi connectivity index (χ4v) is 2.58. The number of aromatic nitrogens is 1. The number of anilines is 2. The normalized spacial score (nSPS) is 23.4. The quantitative estimate of drug-likeness (QED) is 0.651. The Morgan fingerprint density at radius 2 is 1.90 bits per heavy atom. The standard InChI is InChI=1S/C13H21N5O2/c1-9-5-4-6-10(2)17(9)16-13-8-11(18(19)20)7-12(14-3)15-13/h7-10H,4-6H2,1-3H3,(H2,14,15,16). The van der Waals surface area contributed by atoms with Crippen LogP contribution < -0.4 is 10.7 Å². The summed E-state index contributed by atoms with van der Waals surface area (Å²) in [6.07, 6.45) is 3.45. The topological polar surface area (TPSA) is 83.3 Å². The van der Waals surface area contributed by atoms with Crippen molar-refractivity contribution in [2.24, 2.45) is 0 Å². The molecule has 0 spiro atoms. The summed E-state index contributed by atoms with van der Waals surface area (Å²) in [4.78, 5) is 14.9. The Balaban J connectivity index is 2.23. The zero-order valence-electron chi connectivity index (χ0n) is 12.1. The Morgan fingerprint density at radius 1 is 1.30 bits per heavy atom. The van der Waals surface area contributed by atoms with E-state index in [0.717, 1.165) is 12.8 Å². The van der Waals surface area contributed by atoms with E-state index in [2.05, 4.69) is 34.6 Å². The molecule has 2 N–H and O–H groups in total. The van der Waals surface area contributed by atoms with Crippen LogP contribution in [0.5, 0.6) is 0 Å². The maximum atomic E-state index is 11.0. The highest BCUT2D eigenvalue weighted by Gasteiger charge is 2.25. The van der Waals surface area contributed by atoms with E-state index in [0.29, 0.717) is 23.7 Å². The minimum atomic E-state index is -0.406. The zero-order valence-corrected chi connectivity index (χ0v) is 12.1. The van der Waals surface area contributed by atoms with E-state index in [4.69, 9.17) is 0 Å². The molecule has 1 saturated heterocycles. The number of nitrogens with zero attached hydrogens (tertiary/aromatic N) is 3. The van der Waals surface area contributed by atoms with Crippen molar-refractivity contribution in [3.63, 3.8) is 0 Å². The molecule has 2 rings (SSSR count). The summed E-state index contributed by atoms with van der Waals surface area (Å²) in [6.45, 7) is 4.30. The Labute approximate surface area is 118 Å². The number of hydrogen-bond donors (Lipinski definition) is 2. The highest BCUT2D eigenvalue weighted by molar-refractivity contribution is 5.54. The van der Waals surface area contributed by atoms with Gasteiger partial charge in [0.2, 0.25) is 0 Å². The van der Waals surface area contributed by atoms with Gasteiger partial charge in [0, 0.05) is 19.1 Å². The number of hydrazine groups is 1. The lowest BCUT2D eigenvalue weighted by molar-refractivity contribution is -0.384. The second kappa shape index (κ2) is 6.04. The molecule has 1 aliphatic heterocycles. The van der Waals surface area contributed by atoms with Gasteiger partial charge in [0.05, 0.1) is 17.1 Å². The Morgan fingerprint density at radius 3 is 2.45 bits per heavy atom. The maximum Gasteiger partial charge on any atom is 0.276 e. The molecule has 1 aliphatic rings. The van der Waals surface area contributed by atoms with Crippen LogP contribution in [-0.2, 0) is 0 Å². The van der Waals surface area contributed by atoms with Crippen molar-refractivity contribution in [1.29, 1.82) is 0 Å². The third-order valence-electron chi connectivity index (χ3n) is 3.71. The number of hydrogen-bond acceptors (Lipinski definition) is 6. The van der Waals surface area contributed by atoms with Gasteiger partial charge < -0.3 is 10.7 Å². The molecule has 0 aliphatic carbocycles. The van der Waals surface area contributed by atoms with Gasteiger partial charge in [-0.05, 0) is 26.7 Å². The highest BCUT2D eigenvalue weighted by atomic mass is 16.6. The summed E-state index contributed by atoms with van der Waals surface area (Å²) in [6, 6.07) is 3.67. The Kier molecular flexibility index (Phi) is 4.39. The number of piperidine rings is 1. The molecule has 2 heterocycles. The summed E-state index contributed by atoms with van der Waals surface area (Å²) < 4.78 is 0. The van der Waals surface area contributed by atoms with Gasteiger partial charge in [-0.1, -0.05) is 6.42 Å². The second-order valence-corrected chi connectivity index (χ2v) is 5.25. The van der Waals surface area contributed by atoms with Gasteiger partial charge in [-0.25, -0.2) is 9.99 Å². The molecule has 0 radical (unpaired) electrons. The number of pyridine rings is 1. The van der Waals surface area contributed by atoms with Gasteiger partial charge >= 0.3 is 0 Å². The molecule has 110 valence electrons. The van der Waals surface area contributed by atoms with Crippen molar-refractivity contribution in [2.45, 2.75) is 45.2 Å². The lowest BCUT2D eigenvalue weighted by atomic mass is 10.00. The molecule has 0 bridgehead atoms. The van der Waals surface area contributed by atoms with Crippen molar-refractivity contribution < 1.29 is 4.92 Å². The largest absolute Gasteiger partial charge is 0.373 e. The van der Waals surface area contributed by atoms with Crippen LogP contribution in [0.2, 0.25) is 0 Å². The molecule has 1 fully saturated rings. The van der Waals surface area contributed by atoms with Crippen molar-refractivity contribution >= 4 is 17.3 Å². The van der Waals surface area contributed by atoms with Crippen LogP contribution >= 0.6 is 0 Å². The van der Waals surface area contributed by atoms with Crippen LogP contribution in [0.1, 0.15) is 33.1 Å². The lowest BCUT2D eigenvalue weighted by Gasteiger charge is -2.39. The van der Waals surface area contributed by atoms with Crippen LogP contribution in [0.3, 0.4) is 0 Å². The number of nitrogens with one attached hydrogen (secondary N) is 2. The summed E-state index contributed by atoms with van der Waals surface area (Å²) in [7, 11) is 1.70. The average molecular weight is 279 g/mol. The first-order chi connectivity index (χ1) is 9.51. The van der Waals surface area contributed by atoms with Crippen molar-refractivity contribution in [3.05, 3.63) is 22.2 Å².